The highest BCUT2D eigenvalue weighted by molar-refractivity contribution is 5.37. The molecule has 0 amide bonds. The van der Waals surface area contributed by atoms with Crippen molar-refractivity contribution in [2.45, 2.75) is 19.4 Å². The first-order chi connectivity index (χ1) is 6.50. The molecule has 0 aliphatic rings. The minimum absolute atomic E-state index is 0.452. The summed E-state index contributed by atoms with van der Waals surface area (Å²) in [6.45, 7) is 3.87. The van der Waals surface area contributed by atoms with Gasteiger partial charge < -0.3 is 9.94 Å². The summed E-state index contributed by atoms with van der Waals surface area (Å²) in [7, 11) is 3.26. The topological polar surface area (TPSA) is 32.7 Å². The highest BCUT2D eigenvalue weighted by Crippen LogP contribution is 2.32. The van der Waals surface area contributed by atoms with Crippen LogP contribution in [0.15, 0.2) is 24.3 Å². The van der Waals surface area contributed by atoms with Gasteiger partial charge in [0.1, 0.15) is 5.75 Å². The number of rotatable bonds is 3. The number of methoxy groups -OCH3 is 1. The smallest absolute Gasteiger partial charge is 0.123 e. The molecule has 0 fully saturated rings. The predicted octanol–water partition coefficient (Wildman–Crippen LogP) is 2.25. The van der Waals surface area contributed by atoms with E-state index in [0.29, 0.717) is 0 Å². The van der Waals surface area contributed by atoms with Gasteiger partial charge in [0.2, 0.25) is 0 Å². The lowest BCUT2D eigenvalue weighted by molar-refractivity contribution is -0.143. The molecule has 0 saturated carbocycles. The second-order valence-electron chi connectivity index (χ2n) is 3.78. The van der Waals surface area contributed by atoms with Gasteiger partial charge in [0.25, 0.3) is 0 Å². The van der Waals surface area contributed by atoms with Crippen LogP contribution in [0.5, 0.6) is 5.75 Å². The molecule has 1 rings (SSSR count). The molecule has 3 heteroatoms. The van der Waals surface area contributed by atoms with E-state index in [2.05, 4.69) is 0 Å². The second kappa shape index (κ2) is 3.98. The lowest BCUT2D eigenvalue weighted by Crippen LogP contribution is -2.36. The zero-order chi connectivity index (χ0) is 10.8. The van der Waals surface area contributed by atoms with E-state index in [1.54, 1.807) is 14.2 Å². The molecule has 1 aromatic carbocycles. The van der Waals surface area contributed by atoms with Gasteiger partial charge in [-0.1, -0.05) is 18.2 Å². The number of hydrogen-bond acceptors (Lipinski definition) is 3. The fraction of sp³-hybridized carbons (Fsp3) is 0.455. The molecule has 0 spiro atoms. The monoisotopic (exact) mass is 195 g/mol. The fourth-order valence-electron chi connectivity index (χ4n) is 1.32. The van der Waals surface area contributed by atoms with Crippen LogP contribution in [-0.4, -0.2) is 24.4 Å². The van der Waals surface area contributed by atoms with Crippen LogP contribution >= 0.6 is 0 Å². The van der Waals surface area contributed by atoms with Gasteiger partial charge in [-0.3, -0.25) is 0 Å². The van der Waals surface area contributed by atoms with Crippen LogP contribution in [-0.2, 0) is 5.54 Å². The van der Waals surface area contributed by atoms with E-state index < -0.39 is 5.54 Å². The summed E-state index contributed by atoms with van der Waals surface area (Å²) in [5, 5.41) is 10.7. The number of nitrogens with zero attached hydrogens (tertiary/aromatic N) is 1. The van der Waals surface area contributed by atoms with Crippen molar-refractivity contribution in [3.05, 3.63) is 29.8 Å². The standard InChI is InChI=1S/C11H17NO2/c1-11(2,12(3)13)9-7-5-6-8-10(9)14-4/h5-8,13H,1-4H3. The molecule has 0 aromatic heterocycles. The predicted molar refractivity (Wildman–Crippen MR) is 55.6 cm³/mol. The average Bonchev–Trinajstić information content (AvgIpc) is 2.17. The van der Waals surface area contributed by atoms with E-state index in [-0.39, 0.29) is 0 Å². The molecular formula is C11H17NO2. The van der Waals surface area contributed by atoms with Crippen molar-refractivity contribution < 1.29 is 9.94 Å². The Labute approximate surface area is 84.9 Å². The first-order valence-electron chi connectivity index (χ1n) is 4.56. The lowest BCUT2D eigenvalue weighted by Gasteiger charge is -2.32. The molecule has 0 aliphatic heterocycles. The highest BCUT2D eigenvalue weighted by Gasteiger charge is 2.27. The molecule has 78 valence electrons. The maximum atomic E-state index is 9.53. The van der Waals surface area contributed by atoms with E-state index >= 15 is 0 Å². The first kappa shape index (κ1) is 11.0. The molecule has 3 nitrogen and oxygen atoms in total. The van der Waals surface area contributed by atoms with Crippen molar-refractivity contribution in [3.63, 3.8) is 0 Å². The van der Waals surface area contributed by atoms with Crippen molar-refractivity contribution in [2.24, 2.45) is 0 Å². The Hall–Kier alpha value is -1.06. The summed E-state index contributed by atoms with van der Waals surface area (Å²) in [5.41, 5.74) is 0.513. The fourth-order valence-corrected chi connectivity index (χ4v) is 1.32. The van der Waals surface area contributed by atoms with Gasteiger partial charge in [-0.15, -0.1) is 0 Å². The number of hydroxylamine groups is 2. The number of para-hydroxylation sites is 1. The summed E-state index contributed by atoms with van der Waals surface area (Å²) < 4.78 is 5.24. The number of hydrogen-bond donors (Lipinski definition) is 1. The van der Waals surface area contributed by atoms with Crippen molar-refractivity contribution >= 4 is 0 Å². The van der Waals surface area contributed by atoms with E-state index in [4.69, 9.17) is 4.74 Å². The van der Waals surface area contributed by atoms with Crippen molar-refractivity contribution in [2.75, 3.05) is 14.2 Å². The van der Waals surface area contributed by atoms with Gasteiger partial charge in [-0.25, -0.2) is 0 Å². The van der Waals surface area contributed by atoms with Gasteiger partial charge in [-0.2, -0.15) is 5.06 Å². The molecule has 0 bridgehead atoms. The lowest BCUT2D eigenvalue weighted by atomic mass is 9.93. The normalized spacial score (nSPS) is 11.9. The summed E-state index contributed by atoms with van der Waals surface area (Å²) in [6, 6.07) is 7.69. The maximum Gasteiger partial charge on any atom is 0.123 e. The van der Waals surface area contributed by atoms with Gasteiger partial charge in [0.15, 0.2) is 0 Å². The highest BCUT2D eigenvalue weighted by atomic mass is 16.5. The minimum Gasteiger partial charge on any atom is -0.496 e. The zero-order valence-electron chi connectivity index (χ0n) is 9.11. The van der Waals surface area contributed by atoms with Crippen LogP contribution in [0.2, 0.25) is 0 Å². The molecule has 0 atom stereocenters. The van der Waals surface area contributed by atoms with Crippen molar-refractivity contribution in [1.82, 2.24) is 5.06 Å². The molecule has 1 N–H and O–H groups in total. The van der Waals surface area contributed by atoms with Gasteiger partial charge in [-0.05, 0) is 19.9 Å². The third kappa shape index (κ3) is 1.89. The van der Waals surface area contributed by atoms with Crippen LogP contribution in [0.3, 0.4) is 0 Å². The zero-order valence-corrected chi connectivity index (χ0v) is 9.11. The van der Waals surface area contributed by atoms with Gasteiger partial charge in [0.05, 0.1) is 12.6 Å². The molecule has 0 unspecified atom stereocenters. The van der Waals surface area contributed by atoms with Gasteiger partial charge >= 0.3 is 0 Å². The second-order valence-corrected chi connectivity index (χ2v) is 3.78. The summed E-state index contributed by atoms with van der Waals surface area (Å²) >= 11 is 0. The molecule has 0 saturated heterocycles. The molecule has 1 aromatic rings. The van der Waals surface area contributed by atoms with E-state index in [1.165, 1.54) is 5.06 Å². The van der Waals surface area contributed by atoms with Crippen LogP contribution in [0.25, 0.3) is 0 Å². The largest absolute Gasteiger partial charge is 0.496 e. The van der Waals surface area contributed by atoms with Crippen LogP contribution < -0.4 is 4.74 Å². The third-order valence-electron chi connectivity index (χ3n) is 2.58. The molecule has 0 heterocycles. The Balaban J connectivity index is 3.17. The first-order valence-corrected chi connectivity index (χ1v) is 4.56. The molecule has 0 aliphatic carbocycles. The number of ether oxygens (including phenoxy) is 1. The summed E-state index contributed by atoms with van der Waals surface area (Å²) in [6.07, 6.45) is 0. The maximum absolute atomic E-state index is 9.53. The molecular weight excluding hydrogens is 178 g/mol. The third-order valence-corrected chi connectivity index (χ3v) is 2.58. The number of benzene rings is 1. The quantitative estimate of drug-likeness (QED) is 0.751. The summed E-state index contributed by atoms with van der Waals surface area (Å²) in [4.78, 5) is 0. The van der Waals surface area contributed by atoms with Crippen molar-refractivity contribution in [3.8, 4) is 5.75 Å². The van der Waals surface area contributed by atoms with E-state index in [9.17, 15) is 5.21 Å². The SMILES string of the molecule is COc1ccccc1C(C)(C)N(C)O. The Bertz CT molecular complexity index is 308. The Kier molecular flexibility index (Phi) is 3.13. The Morgan fingerprint density at radius 3 is 2.36 bits per heavy atom. The summed E-state index contributed by atoms with van der Waals surface area (Å²) in [5.74, 6) is 0.790. The average molecular weight is 195 g/mol. The van der Waals surface area contributed by atoms with E-state index in [1.807, 2.05) is 38.1 Å². The minimum atomic E-state index is -0.452. The van der Waals surface area contributed by atoms with Crippen LogP contribution in [0, 0.1) is 0 Å². The van der Waals surface area contributed by atoms with Crippen molar-refractivity contribution in [1.29, 1.82) is 0 Å². The van der Waals surface area contributed by atoms with Crippen LogP contribution in [0.1, 0.15) is 19.4 Å². The Morgan fingerprint density at radius 2 is 1.86 bits per heavy atom. The Morgan fingerprint density at radius 1 is 1.29 bits per heavy atom. The van der Waals surface area contributed by atoms with E-state index in [0.717, 1.165) is 11.3 Å². The molecule has 0 radical (unpaired) electrons. The van der Waals surface area contributed by atoms with Crippen LogP contribution in [0.4, 0.5) is 0 Å². The van der Waals surface area contributed by atoms with Gasteiger partial charge in [0, 0.05) is 12.6 Å². The molecule has 14 heavy (non-hydrogen) atoms.